The lowest BCUT2D eigenvalue weighted by Crippen LogP contribution is -2.22. The van der Waals surface area contributed by atoms with Crippen molar-refractivity contribution in [2.45, 2.75) is 38.5 Å². The van der Waals surface area contributed by atoms with Gasteiger partial charge in [0.15, 0.2) is 0 Å². The third kappa shape index (κ3) is 1.69. The number of hydrogen-bond acceptors (Lipinski definition) is 0. The van der Waals surface area contributed by atoms with E-state index in [4.69, 9.17) is 0 Å². The van der Waals surface area contributed by atoms with Crippen molar-refractivity contribution in [3.8, 4) is 0 Å². The molecule has 3 rings (SSSR count). The second-order valence-corrected chi connectivity index (χ2v) is 6.56. The van der Waals surface area contributed by atoms with Crippen LogP contribution in [-0.2, 0) is 0 Å². The zero-order valence-electron chi connectivity index (χ0n) is 9.37. The van der Waals surface area contributed by atoms with Crippen LogP contribution in [0.25, 0.3) is 0 Å². The average Bonchev–Trinajstić information content (AvgIpc) is 2.63. The van der Waals surface area contributed by atoms with Gasteiger partial charge in [0.25, 0.3) is 0 Å². The van der Waals surface area contributed by atoms with E-state index in [-0.39, 0.29) is 0 Å². The van der Waals surface area contributed by atoms with Crippen LogP contribution in [0.1, 0.15) is 38.5 Å². The molecule has 0 aromatic rings. The summed E-state index contributed by atoms with van der Waals surface area (Å²) >= 11 is 2.63. The summed E-state index contributed by atoms with van der Waals surface area (Å²) in [4.78, 5) is 0. The normalized spacial score (nSPS) is 48.7. The van der Waals surface area contributed by atoms with Gasteiger partial charge in [-0.1, -0.05) is 47.6 Å². The average molecular weight is 316 g/mol. The molecule has 0 aromatic carbocycles. The van der Waals surface area contributed by atoms with E-state index in [2.05, 4.69) is 34.7 Å². The van der Waals surface area contributed by atoms with Crippen LogP contribution in [0.4, 0.5) is 0 Å². The van der Waals surface area contributed by atoms with Crippen LogP contribution < -0.4 is 0 Å². The first-order valence-corrected chi connectivity index (χ1v) is 8.17. The fourth-order valence-electron chi connectivity index (χ4n) is 4.59. The molecule has 0 aliphatic heterocycles. The first-order valence-electron chi connectivity index (χ1n) is 6.64. The van der Waals surface area contributed by atoms with Crippen molar-refractivity contribution in [2.75, 3.05) is 4.43 Å². The van der Waals surface area contributed by atoms with Crippen LogP contribution in [0.2, 0.25) is 0 Å². The SMILES string of the molecule is ICC1C2C=CCCC2C2CCCCC12. The van der Waals surface area contributed by atoms with Gasteiger partial charge in [-0.25, -0.2) is 0 Å². The third-order valence-corrected chi connectivity index (χ3v) is 6.18. The summed E-state index contributed by atoms with van der Waals surface area (Å²) in [5, 5.41) is 0. The van der Waals surface area contributed by atoms with Crippen LogP contribution in [0.3, 0.4) is 0 Å². The zero-order chi connectivity index (χ0) is 10.3. The molecule has 5 atom stereocenters. The lowest BCUT2D eigenvalue weighted by atomic mass is 9.75. The maximum absolute atomic E-state index is 2.63. The number of halogens is 1. The molecule has 0 bridgehead atoms. The molecular weight excluding hydrogens is 295 g/mol. The highest BCUT2D eigenvalue weighted by Crippen LogP contribution is 2.56. The number of allylic oxidation sites excluding steroid dienone is 2. The molecule has 84 valence electrons. The van der Waals surface area contributed by atoms with Crippen molar-refractivity contribution in [2.24, 2.45) is 29.6 Å². The van der Waals surface area contributed by atoms with E-state index < -0.39 is 0 Å². The van der Waals surface area contributed by atoms with Gasteiger partial charge < -0.3 is 0 Å². The van der Waals surface area contributed by atoms with E-state index >= 15 is 0 Å². The number of rotatable bonds is 1. The molecule has 15 heavy (non-hydrogen) atoms. The molecule has 1 heteroatoms. The van der Waals surface area contributed by atoms with E-state index in [0.717, 1.165) is 29.6 Å². The van der Waals surface area contributed by atoms with E-state index in [1.807, 2.05) is 0 Å². The van der Waals surface area contributed by atoms with Crippen LogP contribution in [0, 0.1) is 29.6 Å². The molecule has 3 aliphatic rings. The summed E-state index contributed by atoms with van der Waals surface area (Å²) < 4.78 is 1.39. The highest BCUT2D eigenvalue weighted by molar-refractivity contribution is 14.1. The fraction of sp³-hybridized carbons (Fsp3) is 0.857. The Bertz CT molecular complexity index is 252. The molecule has 0 aromatic heterocycles. The second kappa shape index (κ2) is 4.38. The largest absolute Gasteiger partial charge is 0.0882 e. The Hall–Kier alpha value is 0.470. The van der Waals surface area contributed by atoms with Gasteiger partial charge in [0.1, 0.15) is 0 Å². The fourth-order valence-corrected chi connectivity index (χ4v) is 5.83. The van der Waals surface area contributed by atoms with Gasteiger partial charge in [0.05, 0.1) is 0 Å². The Morgan fingerprint density at radius 2 is 1.80 bits per heavy atom. The maximum atomic E-state index is 2.63. The van der Waals surface area contributed by atoms with Crippen molar-refractivity contribution < 1.29 is 0 Å². The smallest absolute Gasteiger partial charge is 0.00321 e. The Morgan fingerprint density at radius 3 is 2.60 bits per heavy atom. The summed E-state index contributed by atoms with van der Waals surface area (Å²) in [6.45, 7) is 0. The molecule has 0 spiro atoms. The van der Waals surface area contributed by atoms with Crippen LogP contribution in [0.5, 0.6) is 0 Å². The number of alkyl halides is 1. The second-order valence-electron chi connectivity index (χ2n) is 5.68. The lowest BCUT2D eigenvalue weighted by Gasteiger charge is -2.31. The molecule has 2 fully saturated rings. The monoisotopic (exact) mass is 316 g/mol. The van der Waals surface area contributed by atoms with Gasteiger partial charge in [0, 0.05) is 4.43 Å². The molecule has 5 unspecified atom stereocenters. The van der Waals surface area contributed by atoms with Crippen LogP contribution in [-0.4, -0.2) is 4.43 Å². The predicted octanol–water partition coefficient (Wildman–Crippen LogP) is 4.44. The molecule has 0 nitrogen and oxygen atoms in total. The molecule has 0 radical (unpaired) electrons. The molecule has 3 aliphatic carbocycles. The Balaban J connectivity index is 1.88. The molecule has 0 saturated heterocycles. The van der Waals surface area contributed by atoms with E-state index in [1.54, 1.807) is 12.8 Å². The minimum atomic E-state index is 0.962. The zero-order valence-corrected chi connectivity index (χ0v) is 11.5. The van der Waals surface area contributed by atoms with Gasteiger partial charge in [-0.05, 0) is 55.3 Å². The Morgan fingerprint density at radius 1 is 1.00 bits per heavy atom. The topological polar surface area (TPSA) is 0 Å². The summed E-state index contributed by atoms with van der Waals surface area (Å²) in [6.07, 6.45) is 14.0. The van der Waals surface area contributed by atoms with Crippen LogP contribution >= 0.6 is 22.6 Å². The van der Waals surface area contributed by atoms with Crippen molar-refractivity contribution in [1.82, 2.24) is 0 Å². The highest BCUT2D eigenvalue weighted by atomic mass is 127. The van der Waals surface area contributed by atoms with E-state index in [0.29, 0.717) is 0 Å². The van der Waals surface area contributed by atoms with Crippen molar-refractivity contribution in [3.05, 3.63) is 12.2 Å². The molecular formula is C14H21I. The summed E-state index contributed by atoms with van der Waals surface area (Å²) in [5.74, 6) is 5.25. The van der Waals surface area contributed by atoms with E-state index in [1.165, 1.54) is 30.1 Å². The summed E-state index contributed by atoms with van der Waals surface area (Å²) in [6, 6.07) is 0. The first-order chi connectivity index (χ1) is 7.42. The quantitative estimate of drug-likeness (QED) is 0.381. The van der Waals surface area contributed by atoms with Gasteiger partial charge in [-0.15, -0.1) is 0 Å². The van der Waals surface area contributed by atoms with Gasteiger partial charge in [-0.3, -0.25) is 0 Å². The third-order valence-electron chi connectivity index (χ3n) is 5.17. The van der Waals surface area contributed by atoms with Crippen molar-refractivity contribution in [1.29, 1.82) is 0 Å². The van der Waals surface area contributed by atoms with Gasteiger partial charge in [-0.2, -0.15) is 0 Å². The van der Waals surface area contributed by atoms with Crippen molar-refractivity contribution in [3.63, 3.8) is 0 Å². The Labute approximate surface area is 107 Å². The minimum Gasteiger partial charge on any atom is -0.0882 e. The molecule has 2 saturated carbocycles. The standard InChI is InChI=1S/C14H21I/c15-9-14-12-7-3-1-5-10(12)11-6-2-4-8-13(11)14/h3,7,10-14H,1-2,4-6,8-9H2. The highest BCUT2D eigenvalue weighted by Gasteiger charge is 2.49. The maximum Gasteiger partial charge on any atom is 0.00321 e. The molecule has 0 amide bonds. The lowest BCUT2D eigenvalue weighted by molar-refractivity contribution is 0.203. The van der Waals surface area contributed by atoms with Gasteiger partial charge in [0.2, 0.25) is 0 Å². The number of fused-ring (bicyclic) bond motifs is 3. The minimum absolute atomic E-state index is 0.962. The van der Waals surface area contributed by atoms with Crippen molar-refractivity contribution >= 4 is 22.6 Å². The summed E-state index contributed by atoms with van der Waals surface area (Å²) in [5.41, 5.74) is 0. The first kappa shape index (κ1) is 10.6. The molecule has 0 N–H and O–H groups in total. The Kier molecular flexibility index (Phi) is 3.10. The van der Waals surface area contributed by atoms with Gasteiger partial charge >= 0.3 is 0 Å². The summed E-state index contributed by atoms with van der Waals surface area (Å²) in [7, 11) is 0. The number of hydrogen-bond donors (Lipinski definition) is 0. The predicted molar refractivity (Wildman–Crippen MR) is 73.2 cm³/mol. The van der Waals surface area contributed by atoms with E-state index in [9.17, 15) is 0 Å². The molecule has 0 heterocycles. The van der Waals surface area contributed by atoms with Crippen LogP contribution in [0.15, 0.2) is 12.2 Å².